The number of imidazole rings is 1. The minimum absolute atomic E-state index is 0.0114. The first-order chi connectivity index (χ1) is 12.7. The number of aliphatic hydroxyl groups is 1. The van der Waals surface area contributed by atoms with Gasteiger partial charge in [-0.2, -0.15) is 0 Å². The van der Waals surface area contributed by atoms with Crippen LogP contribution in [0.5, 0.6) is 0 Å². The van der Waals surface area contributed by atoms with E-state index in [9.17, 15) is 9.50 Å². The smallest absolute Gasteiger partial charge is 0.154 e. The lowest BCUT2D eigenvalue weighted by molar-refractivity contribution is 0.282. The molecule has 0 aliphatic heterocycles. The fourth-order valence-corrected chi connectivity index (χ4v) is 2.79. The van der Waals surface area contributed by atoms with Crippen molar-refractivity contribution in [2.45, 2.75) is 13.2 Å². The molecule has 130 valence electrons. The van der Waals surface area contributed by atoms with E-state index in [0.29, 0.717) is 12.4 Å². The molecule has 2 N–H and O–H groups in total. The first-order valence-corrected chi connectivity index (χ1v) is 8.26. The molecule has 4 rings (SSSR count). The molecule has 2 aromatic carbocycles. The Balaban J connectivity index is 1.62. The Morgan fingerprint density at radius 3 is 2.65 bits per heavy atom. The molecule has 0 saturated carbocycles. The molecule has 0 unspecified atom stereocenters. The lowest BCUT2D eigenvalue weighted by atomic mass is 10.1. The van der Waals surface area contributed by atoms with Gasteiger partial charge in [0.05, 0.1) is 18.5 Å². The second-order valence-electron chi connectivity index (χ2n) is 5.97. The van der Waals surface area contributed by atoms with Crippen molar-refractivity contribution < 1.29 is 9.50 Å². The highest BCUT2D eigenvalue weighted by atomic mass is 19.1. The van der Waals surface area contributed by atoms with Crippen molar-refractivity contribution in [2.24, 2.45) is 0 Å². The molecule has 0 aliphatic rings. The van der Waals surface area contributed by atoms with Gasteiger partial charge in [0.2, 0.25) is 0 Å². The van der Waals surface area contributed by atoms with Crippen LogP contribution in [0.2, 0.25) is 0 Å². The van der Waals surface area contributed by atoms with E-state index in [1.807, 2.05) is 36.4 Å². The maximum absolute atomic E-state index is 13.0. The predicted octanol–water partition coefficient (Wildman–Crippen LogP) is 3.64. The highest BCUT2D eigenvalue weighted by molar-refractivity contribution is 5.64. The van der Waals surface area contributed by atoms with Gasteiger partial charge in [0.25, 0.3) is 0 Å². The summed E-state index contributed by atoms with van der Waals surface area (Å²) in [6.45, 7) is 0.533. The third-order valence-corrected chi connectivity index (χ3v) is 4.15. The fraction of sp³-hybridized carbons (Fsp3) is 0.100. The maximum Gasteiger partial charge on any atom is 0.154 e. The summed E-state index contributed by atoms with van der Waals surface area (Å²) in [7, 11) is 0. The summed E-state index contributed by atoms with van der Waals surface area (Å²) in [5.74, 6) is 0.445. The van der Waals surface area contributed by atoms with Crippen molar-refractivity contribution in [3.63, 3.8) is 0 Å². The number of fused-ring (bicyclic) bond motifs is 1. The molecule has 5 nitrogen and oxygen atoms in total. The molecule has 0 radical (unpaired) electrons. The van der Waals surface area contributed by atoms with E-state index >= 15 is 0 Å². The minimum atomic E-state index is -0.249. The van der Waals surface area contributed by atoms with Gasteiger partial charge in [-0.15, -0.1) is 5.10 Å². The number of halogens is 1. The van der Waals surface area contributed by atoms with Gasteiger partial charge >= 0.3 is 0 Å². The zero-order chi connectivity index (χ0) is 17.9. The molecule has 0 atom stereocenters. The maximum atomic E-state index is 13.0. The molecular weight excluding hydrogens is 331 g/mol. The summed E-state index contributed by atoms with van der Waals surface area (Å²) in [5, 5.41) is 17.2. The topological polar surface area (TPSA) is 62.5 Å². The van der Waals surface area contributed by atoms with Crippen molar-refractivity contribution in [1.82, 2.24) is 14.6 Å². The van der Waals surface area contributed by atoms with Crippen LogP contribution in [-0.4, -0.2) is 19.7 Å². The number of aromatic nitrogens is 3. The molecule has 0 spiro atoms. The molecule has 2 heterocycles. The molecule has 26 heavy (non-hydrogen) atoms. The number of anilines is 1. The predicted molar refractivity (Wildman–Crippen MR) is 98.1 cm³/mol. The van der Waals surface area contributed by atoms with Crippen LogP contribution in [-0.2, 0) is 13.2 Å². The van der Waals surface area contributed by atoms with Gasteiger partial charge in [-0.25, -0.2) is 13.9 Å². The summed E-state index contributed by atoms with van der Waals surface area (Å²) in [5.41, 5.74) is 4.33. The van der Waals surface area contributed by atoms with Crippen LogP contribution in [0, 0.1) is 5.82 Å². The van der Waals surface area contributed by atoms with Crippen molar-refractivity contribution in [3.05, 3.63) is 83.8 Å². The Hall–Kier alpha value is -3.25. The summed E-state index contributed by atoms with van der Waals surface area (Å²) in [6, 6.07) is 17.8. The molecular formula is C20H17FN4O. The van der Waals surface area contributed by atoms with Crippen molar-refractivity contribution in [3.8, 4) is 11.3 Å². The standard InChI is InChI=1S/C20H17FN4O/c21-17-6-4-14(5-7-17)11-22-19-8-9-20-23-12-18(25(20)24-19)16-3-1-2-15(10-16)13-26/h1-10,12,26H,11,13H2,(H,22,24). The van der Waals surface area contributed by atoms with Gasteiger partial charge in [0.1, 0.15) is 11.6 Å². The first kappa shape index (κ1) is 16.2. The largest absolute Gasteiger partial charge is 0.392 e. The zero-order valence-corrected chi connectivity index (χ0v) is 13.9. The van der Waals surface area contributed by atoms with E-state index in [4.69, 9.17) is 0 Å². The van der Waals surface area contributed by atoms with E-state index in [2.05, 4.69) is 15.4 Å². The van der Waals surface area contributed by atoms with Crippen molar-refractivity contribution in [1.29, 1.82) is 0 Å². The number of hydrogen-bond donors (Lipinski definition) is 2. The lowest BCUT2D eigenvalue weighted by Crippen LogP contribution is -2.04. The molecule has 0 fully saturated rings. The van der Waals surface area contributed by atoms with E-state index < -0.39 is 0 Å². The average Bonchev–Trinajstić information content (AvgIpc) is 3.11. The third kappa shape index (κ3) is 3.27. The Labute approximate surface area is 149 Å². The lowest BCUT2D eigenvalue weighted by Gasteiger charge is -2.08. The van der Waals surface area contributed by atoms with Crippen molar-refractivity contribution in [2.75, 3.05) is 5.32 Å². The Morgan fingerprint density at radius 1 is 1.00 bits per heavy atom. The van der Waals surface area contributed by atoms with Crippen LogP contribution in [0.15, 0.2) is 66.9 Å². The van der Waals surface area contributed by atoms with Gasteiger partial charge in [0.15, 0.2) is 5.65 Å². The quantitative estimate of drug-likeness (QED) is 0.578. The number of nitrogens with one attached hydrogen (secondary N) is 1. The third-order valence-electron chi connectivity index (χ3n) is 4.15. The highest BCUT2D eigenvalue weighted by Crippen LogP contribution is 2.22. The van der Waals surface area contributed by atoms with Gasteiger partial charge < -0.3 is 10.4 Å². The number of rotatable bonds is 5. The highest BCUT2D eigenvalue weighted by Gasteiger charge is 2.08. The van der Waals surface area contributed by atoms with Gasteiger partial charge in [-0.1, -0.05) is 30.3 Å². The van der Waals surface area contributed by atoms with Gasteiger partial charge in [-0.05, 0) is 41.5 Å². The molecule has 2 aromatic heterocycles. The number of nitrogens with zero attached hydrogens (tertiary/aromatic N) is 3. The van der Waals surface area contributed by atoms with Crippen LogP contribution in [0.3, 0.4) is 0 Å². The van der Waals surface area contributed by atoms with E-state index in [-0.39, 0.29) is 12.4 Å². The summed E-state index contributed by atoms with van der Waals surface area (Å²) in [4.78, 5) is 4.39. The minimum Gasteiger partial charge on any atom is -0.392 e. The van der Waals surface area contributed by atoms with Gasteiger partial charge in [0, 0.05) is 12.1 Å². The van der Waals surface area contributed by atoms with Crippen LogP contribution in [0.25, 0.3) is 16.9 Å². The van der Waals surface area contributed by atoms with E-state index in [1.54, 1.807) is 22.8 Å². The van der Waals surface area contributed by atoms with Gasteiger partial charge in [-0.3, -0.25) is 0 Å². The van der Waals surface area contributed by atoms with E-state index in [0.717, 1.165) is 28.0 Å². The summed E-state index contributed by atoms with van der Waals surface area (Å²) < 4.78 is 14.8. The first-order valence-electron chi connectivity index (χ1n) is 8.26. The summed E-state index contributed by atoms with van der Waals surface area (Å²) >= 11 is 0. The fourth-order valence-electron chi connectivity index (χ4n) is 2.79. The second-order valence-corrected chi connectivity index (χ2v) is 5.97. The Bertz CT molecular complexity index is 1040. The number of hydrogen-bond acceptors (Lipinski definition) is 4. The molecule has 4 aromatic rings. The average molecular weight is 348 g/mol. The molecule has 0 aliphatic carbocycles. The van der Waals surface area contributed by atoms with Crippen LogP contribution < -0.4 is 5.32 Å². The molecule has 0 amide bonds. The zero-order valence-electron chi connectivity index (χ0n) is 13.9. The van der Waals surface area contributed by atoms with Crippen molar-refractivity contribution >= 4 is 11.5 Å². The van der Waals surface area contributed by atoms with Crippen LogP contribution in [0.4, 0.5) is 10.2 Å². The summed E-state index contributed by atoms with van der Waals surface area (Å²) in [6.07, 6.45) is 1.77. The normalized spacial score (nSPS) is 11.0. The Kier molecular flexibility index (Phi) is 4.33. The monoisotopic (exact) mass is 348 g/mol. The van der Waals surface area contributed by atoms with Crippen LogP contribution >= 0.6 is 0 Å². The van der Waals surface area contributed by atoms with E-state index in [1.165, 1.54) is 12.1 Å². The molecule has 0 saturated heterocycles. The second kappa shape index (κ2) is 6.93. The SMILES string of the molecule is OCc1cccc(-c2cnc3ccc(NCc4ccc(F)cc4)nn23)c1. The Morgan fingerprint density at radius 2 is 1.85 bits per heavy atom. The molecule has 6 heteroatoms. The van der Waals surface area contributed by atoms with Crippen LogP contribution in [0.1, 0.15) is 11.1 Å². The number of benzene rings is 2. The number of aliphatic hydroxyl groups excluding tert-OH is 1. The molecule has 0 bridgehead atoms.